The fourth-order valence-corrected chi connectivity index (χ4v) is 3.20. The smallest absolute Gasteiger partial charge is 0.151 e. The number of nitrogens with one attached hydrogen (secondary N) is 1. The monoisotopic (exact) mass is 235 g/mol. The van der Waals surface area contributed by atoms with Gasteiger partial charge in [-0.3, -0.25) is 0 Å². The third-order valence-electron chi connectivity index (χ3n) is 2.42. The number of hydrogen-bond donors (Lipinski definition) is 1. The second kappa shape index (κ2) is 7.23. The van der Waals surface area contributed by atoms with Crippen molar-refractivity contribution in [3.05, 3.63) is 0 Å². The zero-order valence-electron chi connectivity index (χ0n) is 10.4. The summed E-state index contributed by atoms with van der Waals surface area (Å²) in [4.78, 5) is 0. The van der Waals surface area contributed by atoms with E-state index in [1.54, 1.807) is 0 Å². The molecule has 0 fully saturated rings. The van der Waals surface area contributed by atoms with Gasteiger partial charge in [-0.2, -0.15) is 0 Å². The molecular weight excluding hydrogens is 210 g/mol. The summed E-state index contributed by atoms with van der Waals surface area (Å²) in [6.45, 7) is 8.69. The maximum Gasteiger partial charge on any atom is 0.151 e. The Morgan fingerprint density at radius 1 is 1.13 bits per heavy atom. The Labute approximate surface area is 94.6 Å². The van der Waals surface area contributed by atoms with Crippen LogP contribution in [-0.4, -0.2) is 32.5 Å². The van der Waals surface area contributed by atoms with Crippen molar-refractivity contribution in [1.29, 1.82) is 0 Å². The molecule has 15 heavy (non-hydrogen) atoms. The fraction of sp³-hybridized carbons (Fsp3) is 1.00. The standard InChI is InChI=1S/C11H25NO2S/c1-5-11(6-2)12-7-8-15(13,14)9-10(3)4/h10-12H,5-9H2,1-4H3. The largest absolute Gasteiger partial charge is 0.313 e. The minimum Gasteiger partial charge on any atom is -0.313 e. The molecule has 1 N–H and O–H groups in total. The SMILES string of the molecule is CCC(CC)NCCS(=O)(=O)CC(C)C. The molecule has 0 heterocycles. The van der Waals surface area contributed by atoms with Crippen molar-refractivity contribution >= 4 is 9.84 Å². The molecular formula is C11H25NO2S. The maximum atomic E-state index is 11.6. The van der Waals surface area contributed by atoms with Crippen molar-refractivity contribution < 1.29 is 8.42 Å². The van der Waals surface area contributed by atoms with Gasteiger partial charge in [-0.25, -0.2) is 8.42 Å². The van der Waals surface area contributed by atoms with E-state index in [4.69, 9.17) is 0 Å². The zero-order valence-corrected chi connectivity index (χ0v) is 11.2. The van der Waals surface area contributed by atoms with Gasteiger partial charge in [0.25, 0.3) is 0 Å². The van der Waals surface area contributed by atoms with E-state index in [1.807, 2.05) is 13.8 Å². The van der Waals surface area contributed by atoms with E-state index >= 15 is 0 Å². The Morgan fingerprint density at radius 2 is 1.67 bits per heavy atom. The molecule has 0 aliphatic carbocycles. The molecule has 0 aromatic heterocycles. The van der Waals surface area contributed by atoms with Gasteiger partial charge in [-0.1, -0.05) is 27.7 Å². The predicted molar refractivity (Wildman–Crippen MR) is 65.9 cm³/mol. The highest BCUT2D eigenvalue weighted by molar-refractivity contribution is 7.91. The molecule has 0 atom stereocenters. The van der Waals surface area contributed by atoms with Crippen molar-refractivity contribution in [2.45, 2.75) is 46.6 Å². The molecule has 92 valence electrons. The summed E-state index contributed by atoms with van der Waals surface area (Å²) in [5.74, 6) is 0.794. The lowest BCUT2D eigenvalue weighted by molar-refractivity contribution is 0.496. The second-order valence-electron chi connectivity index (χ2n) is 4.48. The Hall–Kier alpha value is -0.0900. The first-order valence-corrected chi connectivity index (χ1v) is 7.67. The second-order valence-corrected chi connectivity index (χ2v) is 6.70. The molecule has 0 amide bonds. The third-order valence-corrected chi connectivity index (χ3v) is 4.42. The Balaban J connectivity index is 3.84. The molecule has 0 aliphatic heterocycles. The zero-order chi connectivity index (χ0) is 11.9. The lowest BCUT2D eigenvalue weighted by atomic mass is 10.2. The topological polar surface area (TPSA) is 46.2 Å². The van der Waals surface area contributed by atoms with Crippen LogP contribution in [0.4, 0.5) is 0 Å². The van der Waals surface area contributed by atoms with Crippen LogP contribution in [-0.2, 0) is 9.84 Å². The molecule has 0 saturated carbocycles. The van der Waals surface area contributed by atoms with Crippen molar-refractivity contribution in [3.63, 3.8) is 0 Å². The van der Waals surface area contributed by atoms with Gasteiger partial charge >= 0.3 is 0 Å². The molecule has 0 bridgehead atoms. The highest BCUT2D eigenvalue weighted by Crippen LogP contribution is 2.01. The summed E-state index contributed by atoms with van der Waals surface area (Å²) in [5.41, 5.74) is 0. The first kappa shape index (κ1) is 14.9. The molecule has 0 aromatic carbocycles. The van der Waals surface area contributed by atoms with Crippen LogP contribution in [0.2, 0.25) is 0 Å². The summed E-state index contributed by atoms with van der Waals surface area (Å²) in [7, 11) is -2.86. The molecule has 4 heteroatoms. The van der Waals surface area contributed by atoms with Gasteiger partial charge in [0.05, 0.1) is 11.5 Å². The first-order valence-electron chi connectivity index (χ1n) is 5.85. The molecule has 3 nitrogen and oxygen atoms in total. The first-order chi connectivity index (χ1) is 6.91. The average Bonchev–Trinajstić information content (AvgIpc) is 2.10. The van der Waals surface area contributed by atoms with E-state index in [-0.39, 0.29) is 11.7 Å². The van der Waals surface area contributed by atoms with Gasteiger partial charge in [0, 0.05) is 12.6 Å². The van der Waals surface area contributed by atoms with E-state index in [9.17, 15) is 8.42 Å². The quantitative estimate of drug-likeness (QED) is 0.698. The van der Waals surface area contributed by atoms with Crippen molar-refractivity contribution in [1.82, 2.24) is 5.32 Å². The summed E-state index contributed by atoms with van der Waals surface area (Å²) < 4.78 is 23.1. The summed E-state index contributed by atoms with van der Waals surface area (Å²) in [5, 5.41) is 3.27. The highest BCUT2D eigenvalue weighted by Gasteiger charge is 2.13. The van der Waals surface area contributed by atoms with Crippen molar-refractivity contribution in [2.75, 3.05) is 18.1 Å². The Bertz CT molecular complexity index is 243. The fourth-order valence-electron chi connectivity index (χ4n) is 1.59. The van der Waals surface area contributed by atoms with Crippen LogP contribution in [0.25, 0.3) is 0 Å². The van der Waals surface area contributed by atoms with Crippen LogP contribution in [0.15, 0.2) is 0 Å². The molecule has 0 unspecified atom stereocenters. The molecule has 0 aromatic rings. The van der Waals surface area contributed by atoms with Gasteiger partial charge in [-0.05, 0) is 18.8 Å². The highest BCUT2D eigenvalue weighted by atomic mass is 32.2. The van der Waals surface area contributed by atoms with Crippen LogP contribution in [0.1, 0.15) is 40.5 Å². The van der Waals surface area contributed by atoms with Gasteiger partial charge in [-0.15, -0.1) is 0 Å². The molecule has 0 spiro atoms. The molecule has 0 radical (unpaired) electrons. The molecule has 0 aliphatic rings. The van der Waals surface area contributed by atoms with E-state index in [1.165, 1.54) is 0 Å². The maximum absolute atomic E-state index is 11.6. The lowest BCUT2D eigenvalue weighted by Gasteiger charge is -2.14. The summed E-state index contributed by atoms with van der Waals surface area (Å²) in [6.07, 6.45) is 2.11. The average molecular weight is 235 g/mol. The summed E-state index contributed by atoms with van der Waals surface area (Å²) in [6, 6.07) is 0.458. The minimum absolute atomic E-state index is 0.225. The number of hydrogen-bond acceptors (Lipinski definition) is 3. The van der Waals surface area contributed by atoms with Crippen LogP contribution in [0.5, 0.6) is 0 Å². The van der Waals surface area contributed by atoms with Gasteiger partial charge in [0.15, 0.2) is 9.84 Å². The lowest BCUT2D eigenvalue weighted by Crippen LogP contribution is -2.33. The molecule has 0 rings (SSSR count). The minimum atomic E-state index is -2.86. The van der Waals surface area contributed by atoms with E-state index in [0.717, 1.165) is 12.8 Å². The summed E-state index contributed by atoms with van der Waals surface area (Å²) >= 11 is 0. The van der Waals surface area contributed by atoms with E-state index in [2.05, 4.69) is 19.2 Å². The van der Waals surface area contributed by atoms with E-state index < -0.39 is 9.84 Å². The van der Waals surface area contributed by atoms with Crippen LogP contribution in [0, 0.1) is 5.92 Å². The van der Waals surface area contributed by atoms with Crippen molar-refractivity contribution in [3.8, 4) is 0 Å². The van der Waals surface area contributed by atoms with E-state index in [0.29, 0.717) is 18.3 Å². The number of rotatable bonds is 8. The third kappa shape index (κ3) is 7.79. The Kier molecular flexibility index (Phi) is 7.18. The van der Waals surface area contributed by atoms with Crippen LogP contribution >= 0.6 is 0 Å². The number of sulfone groups is 1. The van der Waals surface area contributed by atoms with Crippen LogP contribution < -0.4 is 5.32 Å². The van der Waals surface area contributed by atoms with Crippen LogP contribution in [0.3, 0.4) is 0 Å². The van der Waals surface area contributed by atoms with Gasteiger partial charge in [0.2, 0.25) is 0 Å². The van der Waals surface area contributed by atoms with Gasteiger partial charge in [0.1, 0.15) is 0 Å². The molecule has 0 saturated heterocycles. The predicted octanol–water partition coefficient (Wildman–Crippen LogP) is 1.84. The van der Waals surface area contributed by atoms with Gasteiger partial charge < -0.3 is 5.32 Å². The Morgan fingerprint density at radius 3 is 2.07 bits per heavy atom. The van der Waals surface area contributed by atoms with Crippen molar-refractivity contribution in [2.24, 2.45) is 5.92 Å². The normalized spacial score (nSPS) is 12.7.